The van der Waals surface area contributed by atoms with E-state index in [9.17, 15) is 9.90 Å². The minimum absolute atomic E-state index is 0.0286. The molecule has 1 atom stereocenters. The van der Waals surface area contributed by atoms with Gasteiger partial charge in [0, 0.05) is 12.4 Å². The van der Waals surface area contributed by atoms with E-state index >= 15 is 0 Å². The highest BCUT2D eigenvalue weighted by atomic mass is 35.5. The Kier molecular flexibility index (Phi) is 5.24. The quantitative estimate of drug-likeness (QED) is 0.839. The first kappa shape index (κ1) is 15.8. The van der Waals surface area contributed by atoms with E-state index in [1.165, 1.54) is 0 Å². The van der Waals surface area contributed by atoms with Crippen molar-refractivity contribution in [3.63, 3.8) is 0 Å². The zero-order valence-electron chi connectivity index (χ0n) is 12.0. The van der Waals surface area contributed by atoms with E-state index in [4.69, 9.17) is 11.6 Å². The summed E-state index contributed by atoms with van der Waals surface area (Å²) in [5.41, 5.74) is 0.336. The number of carbonyl (C=O) groups excluding carboxylic acids is 1. The number of rotatable bonds is 5. The Balaban J connectivity index is 3.00. The van der Waals surface area contributed by atoms with Crippen molar-refractivity contribution in [1.82, 2.24) is 4.90 Å². The molecule has 0 saturated carbocycles. The second-order valence-corrected chi connectivity index (χ2v) is 5.65. The standard InChI is InChI=1S/C15H22ClNO2/c1-5-17(14(19)15(3,4)10-16)11(2)12-7-6-8-13(18)9-12/h6-9,11,18H,5,10H2,1-4H3. The molecule has 1 unspecified atom stereocenters. The highest BCUT2D eigenvalue weighted by molar-refractivity contribution is 6.19. The molecule has 0 saturated heterocycles. The lowest BCUT2D eigenvalue weighted by molar-refractivity contribution is -0.141. The first-order valence-electron chi connectivity index (χ1n) is 6.49. The lowest BCUT2D eigenvalue weighted by Crippen LogP contribution is -2.43. The number of nitrogens with zero attached hydrogens (tertiary/aromatic N) is 1. The van der Waals surface area contributed by atoms with Crippen molar-refractivity contribution >= 4 is 17.5 Å². The summed E-state index contributed by atoms with van der Waals surface area (Å²) in [7, 11) is 0. The number of halogens is 1. The summed E-state index contributed by atoms with van der Waals surface area (Å²) in [6.07, 6.45) is 0. The molecule has 0 aliphatic carbocycles. The summed E-state index contributed by atoms with van der Waals surface area (Å²) in [6, 6.07) is 6.91. The number of benzene rings is 1. The van der Waals surface area contributed by atoms with Crippen LogP contribution in [0.1, 0.15) is 39.3 Å². The predicted octanol–water partition coefficient (Wildman–Crippen LogP) is 3.57. The molecule has 0 aromatic heterocycles. The van der Waals surface area contributed by atoms with Crippen LogP contribution in [0.2, 0.25) is 0 Å². The highest BCUT2D eigenvalue weighted by Crippen LogP contribution is 2.28. The van der Waals surface area contributed by atoms with E-state index in [2.05, 4.69) is 0 Å². The molecule has 0 bridgehead atoms. The first-order chi connectivity index (χ1) is 8.83. The fourth-order valence-corrected chi connectivity index (χ4v) is 2.12. The second kappa shape index (κ2) is 6.29. The van der Waals surface area contributed by atoms with E-state index in [0.717, 1.165) is 5.56 Å². The summed E-state index contributed by atoms with van der Waals surface area (Å²) in [5.74, 6) is 0.528. The van der Waals surface area contributed by atoms with Gasteiger partial charge in [0.25, 0.3) is 0 Å². The van der Waals surface area contributed by atoms with Gasteiger partial charge in [0.05, 0.1) is 11.5 Å². The molecule has 1 aromatic carbocycles. The summed E-state index contributed by atoms with van der Waals surface area (Å²) in [4.78, 5) is 14.3. The van der Waals surface area contributed by atoms with Crippen molar-refractivity contribution < 1.29 is 9.90 Å². The van der Waals surface area contributed by atoms with Gasteiger partial charge in [0.1, 0.15) is 5.75 Å². The van der Waals surface area contributed by atoms with Gasteiger partial charge < -0.3 is 10.0 Å². The molecule has 1 rings (SSSR count). The molecule has 106 valence electrons. The summed E-state index contributed by atoms with van der Waals surface area (Å²) < 4.78 is 0. The maximum atomic E-state index is 12.5. The Morgan fingerprint density at radius 1 is 1.47 bits per heavy atom. The van der Waals surface area contributed by atoms with E-state index in [0.29, 0.717) is 6.54 Å². The average molecular weight is 284 g/mol. The largest absolute Gasteiger partial charge is 0.508 e. The number of alkyl halides is 1. The van der Waals surface area contributed by atoms with Crippen LogP contribution < -0.4 is 0 Å². The minimum atomic E-state index is -0.581. The molecule has 0 heterocycles. The summed E-state index contributed by atoms with van der Waals surface area (Å²) in [6.45, 7) is 8.21. The molecule has 1 aromatic rings. The third-order valence-corrected chi connectivity index (χ3v) is 4.00. The molecular weight excluding hydrogens is 262 g/mol. The number of amides is 1. The molecule has 0 fully saturated rings. The number of phenols is 1. The van der Waals surface area contributed by atoms with Crippen LogP contribution in [0, 0.1) is 5.41 Å². The average Bonchev–Trinajstić information content (AvgIpc) is 2.39. The van der Waals surface area contributed by atoms with Crippen molar-refractivity contribution in [2.45, 2.75) is 33.7 Å². The highest BCUT2D eigenvalue weighted by Gasteiger charge is 2.33. The van der Waals surface area contributed by atoms with E-state index in [1.54, 1.807) is 23.1 Å². The van der Waals surface area contributed by atoms with E-state index < -0.39 is 5.41 Å². The smallest absolute Gasteiger partial charge is 0.229 e. The van der Waals surface area contributed by atoms with Crippen LogP contribution in [0.25, 0.3) is 0 Å². The zero-order valence-corrected chi connectivity index (χ0v) is 12.7. The normalized spacial score (nSPS) is 13.1. The van der Waals surface area contributed by atoms with Crippen molar-refractivity contribution in [3.05, 3.63) is 29.8 Å². The Morgan fingerprint density at radius 2 is 2.11 bits per heavy atom. The van der Waals surface area contributed by atoms with Gasteiger partial charge in [-0.2, -0.15) is 0 Å². The first-order valence-corrected chi connectivity index (χ1v) is 7.03. The Morgan fingerprint density at radius 3 is 2.58 bits per heavy atom. The number of aromatic hydroxyl groups is 1. The summed E-state index contributed by atoms with van der Waals surface area (Å²) in [5, 5.41) is 9.54. The van der Waals surface area contributed by atoms with Gasteiger partial charge in [0.15, 0.2) is 0 Å². The molecular formula is C15H22ClNO2. The van der Waals surface area contributed by atoms with Gasteiger partial charge in [0.2, 0.25) is 5.91 Å². The third kappa shape index (κ3) is 3.63. The lowest BCUT2D eigenvalue weighted by Gasteiger charge is -2.34. The molecule has 4 heteroatoms. The maximum absolute atomic E-state index is 12.5. The van der Waals surface area contributed by atoms with Crippen LogP contribution in [-0.2, 0) is 4.79 Å². The number of hydrogen-bond acceptors (Lipinski definition) is 2. The van der Waals surface area contributed by atoms with Crippen LogP contribution in [0.15, 0.2) is 24.3 Å². The van der Waals surface area contributed by atoms with E-state index in [1.807, 2.05) is 33.8 Å². The van der Waals surface area contributed by atoms with Gasteiger partial charge in [-0.1, -0.05) is 12.1 Å². The molecule has 0 radical (unpaired) electrons. The number of hydrogen-bond donors (Lipinski definition) is 1. The SMILES string of the molecule is CCN(C(=O)C(C)(C)CCl)C(C)c1cccc(O)c1. The number of phenolic OH excluding ortho intramolecular Hbond substituents is 1. The Hall–Kier alpha value is -1.22. The van der Waals surface area contributed by atoms with Gasteiger partial charge in [-0.05, 0) is 45.4 Å². The van der Waals surface area contributed by atoms with E-state index in [-0.39, 0.29) is 23.6 Å². The molecule has 3 nitrogen and oxygen atoms in total. The molecule has 0 aliphatic rings. The van der Waals surface area contributed by atoms with Crippen molar-refractivity contribution in [1.29, 1.82) is 0 Å². The topological polar surface area (TPSA) is 40.5 Å². The minimum Gasteiger partial charge on any atom is -0.508 e. The monoisotopic (exact) mass is 283 g/mol. The second-order valence-electron chi connectivity index (χ2n) is 5.38. The van der Waals surface area contributed by atoms with Gasteiger partial charge in [-0.15, -0.1) is 11.6 Å². The zero-order chi connectivity index (χ0) is 14.6. The number of carbonyl (C=O) groups is 1. The van der Waals surface area contributed by atoms with Crippen molar-refractivity contribution in [3.8, 4) is 5.75 Å². The Labute approximate surface area is 120 Å². The van der Waals surface area contributed by atoms with Gasteiger partial charge >= 0.3 is 0 Å². The predicted molar refractivity (Wildman–Crippen MR) is 78.4 cm³/mol. The fraction of sp³-hybridized carbons (Fsp3) is 0.533. The van der Waals surface area contributed by atoms with Crippen LogP contribution >= 0.6 is 11.6 Å². The van der Waals surface area contributed by atoms with Crippen LogP contribution in [0.5, 0.6) is 5.75 Å². The molecule has 0 aliphatic heterocycles. The fourth-order valence-electron chi connectivity index (χ4n) is 2.00. The molecule has 1 amide bonds. The maximum Gasteiger partial charge on any atom is 0.229 e. The van der Waals surface area contributed by atoms with Crippen LogP contribution in [-0.4, -0.2) is 28.3 Å². The molecule has 1 N–H and O–H groups in total. The Bertz CT molecular complexity index is 446. The lowest BCUT2D eigenvalue weighted by atomic mass is 9.92. The third-order valence-electron chi connectivity index (χ3n) is 3.33. The van der Waals surface area contributed by atoms with Crippen molar-refractivity contribution in [2.24, 2.45) is 5.41 Å². The molecule has 19 heavy (non-hydrogen) atoms. The van der Waals surface area contributed by atoms with Gasteiger partial charge in [-0.3, -0.25) is 4.79 Å². The van der Waals surface area contributed by atoms with Crippen LogP contribution in [0.3, 0.4) is 0 Å². The van der Waals surface area contributed by atoms with Crippen LogP contribution in [0.4, 0.5) is 0 Å². The van der Waals surface area contributed by atoms with Gasteiger partial charge in [-0.25, -0.2) is 0 Å². The summed E-state index contributed by atoms with van der Waals surface area (Å²) >= 11 is 5.88. The molecule has 0 spiro atoms. The van der Waals surface area contributed by atoms with Crippen molar-refractivity contribution in [2.75, 3.05) is 12.4 Å².